The summed E-state index contributed by atoms with van der Waals surface area (Å²) in [5.74, 6) is 0.0183. The maximum absolute atomic E-state index is 14.8. The first kappa shape index (κ1) is 22.3. The van der Waals surface area contributed by atoms with Crippen molar-refractivity contribution in [3.8, 4) is 0 Å². The maximum atomic E-state index is 14.8. The smallest absolute Gasteiger partial charge is 0.380 e. The van der Waals surface area contributed by atoms with Crippen LogP contribution in [-0.2, 0) is 19.8 Å². The molecule has 0 amide bonds. The number of rotatable bonds is 5. The van der Waals surface area contributed by atoms with Crippen LogP contribution in [0.1, 0.15) is 28.6 Å². The van der Waals surface area contributed by atoms with E-state index in [2.05, 4.69) is 9.88 Å². The molecule has 32 heavy (non-hydrogen) atoms. The number of imidazole rings is 1. The monoisotopic (exact) mass is 448 g/mol. The van der Waals surface area contributed by atoms with Gasteiger partial charge in [0, 0.05) is 57.7 Å². The number of benzene rings is 2. The molecule has 0 aliphatic carbocycles. The normalized spacial score (nSPS) is 16.4. The molecule has 1 atom stereocenters. The number of aromatic nitrogens is 2. The lowest BCUT2D eigenvalue weighted by Crippen LogP contribution is -2.46. The van der Waals surface area contributed by atoms with Crippen LogP contribution in [0.15, 0.2) is 54.9 Å². The van der Waals surface area contributed by atoms with Gasteiger partial charge in [0.05, 0.1) is 11.3 Å². The molecule has 0 unspecified atom stereocenters. The lowest BCUT2D eigenvalue weighted by Gasteiger charge is -2.37. The Kier molecular flexibility index (Phi) is 6.21. The topological polar surface area (TPSA) is 44.5 Å². The van der Waals surface area contributed by atoms with Crippen molar-refractivity contribution >= 4 is 5.69 Å². The van der Waals surface area contributed by atoms with E-state index in [0.717, 1.165) is 17.7 Å². The van der Waals surface area contributed by atoms with Crippen LogP contribution in [0, 0.1) is 5.82 Å². The Morgan fingerprint density at radius 1 is 1.03 bits per heavy atom. The second kappa shape index (κ2) is 8.91. The van der Waals surface area contributed by atoms with Crippen molar-refractivity contribution in [3.05, 3.63) is 83.2 Å². The minimum absolute atomic E-state index is 0.359. The third-order valence-electron chi connectivity index (χ3n) is 5.79. The second-order valence-electron chi connectivity index (χ2n) is 7.93. The zero-order chi connectivity index (χ0) is 22.9. The summed E-state index contributed by atoms with van der Waals surface area (Å²) in [5, 5.41) is 10.9. The molecule has 2 aromatic carbocycles. The lowest BCUT2D eigenvalue weighted by atomic mass is 10.0. The van der Waals surface area contributed by atoms with Gasteiger partial charge in [0.15, 0.2) is 0 Å². The van der Waals surface area contributed by atoms with E-state index in [1.165, 1.54) is 18.2 Å². The van der Waals surface area contributed by atoms with Crippen LogP contribution in [0.25, 0.3) is 0 Å². The number of anilines is 1. The summed E-state index contributed by atoms with van der Waals surface area (Å²) in [7, 11) is 1.77. The molecule has 1 fully saturated rings. The Balaban J connectivity index is 1.45. The van der Waals surface area contributed by atoms with Crippen LogP contribution in [0.3, 0.4) is 0 Å². The highest BCUT2D eigenvalue weighted by atomic mass is 19.4. The molecule has 0 radical (unpaired) electrons. The highest BCUT2D eigenvalue weighted by Gasteiger charge is 2.30. The molecule has 5 nitrogen and oxygen atoms in total. The fourth-order valence-corrected chi connectivity index (χ4v) is 4.05. The van der Waals surface area contributed by atoms with E-state index in [4.69, 9.17) is 0 Å². The van der Waals surface area contributed by atoms with Gasteiger partial charge in [0.1, 0.15) is 17.7 Å². The molecule has 1 aliphatic rings. The summed E-state index contributed by atoms with van der Waals surface area (Å²) in [6.07, 6.45) is -2.11. The standard InChI is InChI=1S/C23H24F4N4O/c1-29-10-9-28-22(29)21(32)18-3-2-4-19(24)20(18)31-13-11-30(12-14-31)15-16-5-7-17(8-6-16)23(25,26)27/h2-10,21,32H,11-15H2,1H3/t21-/m1/s1. The Labute approximate surface area is 183 Å². The van der Waals surface area contributed by atoms with Crippen molar-refractivity contribution in [2.75, 3.05) is 31.1 Å². The van der Waals surface area contributed by atoms with Crippen molar-refractivity contribution in [1.82, 2.24) is 14.5 Å². The number of aliphatic hydroxyl groups is 1. The van der Waals surface area contributed by atoms with E-state index in [0.29, 0.717) is 49.8 Å². The molecule has 1 aromatic heterocycles. The van der Waals surface area contributed by atoms with Crippen molar-refractivity contribution in [2.24, 2.45) is 7.05 Å². The van der Waals surface area contributed by atoms with Gasteiger partial charge in [-0.15, -0.1) is 0 Å². The van der Waals surface area contributed by atoms with E-state index < -0.39 is 23.7 Å². The van der Waals surface area contributed by atoms with Crippen molar-refractivity contribution in [3.63, 3.8) is 0 Å². The fourth-order valence-electron chi connectivity index (χ4n) is 4.05. The molecule has 0 bridgehead atoms. The molecular weight excluding hydrogens is 424 g/mol. The second-order valence-corrected chi connectivity index (χ2v) is 7.93. The van der Waals surface area contributed by atoms with Crippen molar-refractivity contribution in [2.45, 2.75) is 18.8 Å². The third-order valence-corrected chi connectivity index (χ3v) is 5.79. The number of alkyl halides is 3. The zero-order valence-electron chi connectivity index (χ0n) is 17.6. The van der Waals surface area contributed by atoms with Gasteiger partial charge < -0.3 is 14.6 Å². The molecule has 170 valence electrons. The molecule has 9 heteroatoms. The van der Waals surface area contributed by atoms with Gasteiger partial charge in [-0.25, -0.2) is 9.37 Å². The Bertz CT molecular complexity index is 1060. The van der Waals surface area contributed by atoms with Crippen LogP contribution in [-0.4, -0.2) is 45.7 Å². The predicted molar refractivity (Wildman–Crippen MR) is 113 cm³/mol. The summed E-state index contributed by atoms with van der Waals surface area (Å²) in [5.41, 5.74) is 0.945. The first-order valence-corrected chi connectivity index (χ1v) is 10.3. The summed E-state index contributed by atoms with van der Waals surface area (Å²) in [6, 6.07) is 9.82. The maximum Gasteiger partial charge on any atom is 0.416 e. The molecule has 2 heterocycles. The molecule has 1 saturated heterocycles. The Morgan fingerprint density at radius 3 is 2.31 bits per heavy atom. The Hall–Kier alpha value is -2.91. The number of halogens is 4. The number of aliphatic hydroxyl groups excluding tert-OH is 1. The number of aryl methyl sites for hydroxylation is 1. The average Bonchev–Trinajstić information content (AvgIpc) is 3.19. The first-order valence-electron chi connectivity index (χ1n) is 10.3. The molecule has 1 aliphatic heterocycles. The van der Waals surface area contributed by atoms with Crippen molar-refractivity contribution < 1.29 is 22.7 Å². The van der Waals surface area contributed by atoms with E-state index in [-0.39, 0.29) is 0 Å². The molecule has 0 saturated carbocycles. The highest BCUT2D eigenvalue weighted by molar-refractivity contribution is 5.57. The molecular formula is C23H24F4N4O. The van der Waals surface area contributed by atoms with Gasteiger partial charge in [0.25, 0.3) is 0 Å². The number of nitrogens with zero attached hydrogens (tertiary/aromatic N) is 4. The van der Waals surface area contributed by atoms with E-state index in [1.54, 1.807) is 36.1 Å². The summed E-state index contributed by atoms with van der Waals surface area (Å²) < 4.78 is 54.8. The van der Waals surface area contributed by atoms with Gasteiger partial charge in [-0.3, -0.25) is 4.90 Å². The van der Waals surface area contributed by atoms with Crippen LogP contribution in [0.4, 0.5) is 23.2 Å². The van der Waals surface area contributed by atoms with Crippen LogP contribution in [0.5, 0.6) is 0 Å². The minimum Gasteiger partial charge on any atom is -0.380 e. The van der Waals surface area contributed by atoms with Gasteiger partial charge in [-0.05, 0) is 23.8 Å². The number of hydrogen-bond acceptors (Lipinski definition) is 4. The summed E-state index contributed by atoms with van der Waals surface area (Å²) in [4.78, 5) is 8.20. The zero-order valence-corrected chi connectivity index (χ0v) is 17.6. The van der Waals surface area contributed by atoms with Crippen LogP contribution < -0.4 is 4.90 Å². The van der Waals surface area contributed by atoms with Crippen molar-refractivity contribution in [1.29, 1.82) is 0 Å². The minimum atomic E-state index is -4.35. The van der Waals surface area contributed by atoms with E-state index in [9.17, 15) is 22.7 Å². The number of piperazine rings is 1. The number of para-hydroxylation sites is 1. The largest absolute Gasteiger partial charge is 0.416 e. The lowest BCUT2D eigenvalue weighted by molar-refractivity contribution is -0.137. The predicted octanol–water partition coefficient (Wildman–Crippen LogP) is 3.98. The van der Waals surface area contributed by atoms with Crippen LogP contribution >= 0.6 is 0 Å². The van der Waals surface area contributed by atoms with Gasteiger partial charge in [0.2, 0.25) is 0 Å². The van der Waals surface area contributed by atoms with Gasteiger partial charge in [-0.1, -0.05) is 24.3 Å². The average molecular weight is 448 g/mol. The highest BCUT2D eigenvalue weighted by Crippen LogP contribution is 2.33. The quantitative estimate of drug-likeness (QED) is 0.600. The Morgan fingerprint density at radius 2 is 1.72 bits per heavy atom. The van der Waals surface area contributed by atoms with Crippen LogP contribution in [0.2, 0.25) is 0 Å². The molecule has 0 spiro atoms. The fraction of sp³-hybridized carbons (Fsp3) is 0.348. The third kappa shape index (κ3) is 4.63. The van der Waals surface area contributed by atoms with Gasteiger partial charge in [-0.2, -0.15) is 13.2 Å². The molecule has 3 aromatic rings. The SMILES string of the molecule is Cn1ccnc1[C@H](O)c1cccc(F)c1N1CCN(Cc2ccc(C(F)(F)F)cc2)CC1. The summed E-state index contributed by atoms with van der Waals surface area (Å²) in [6.45, 7) is 2.82. The van der Waals surface area contributed by atoms with Gasteiger partial charge >= 0.3 is 6.18 Å². The summed E-state index contributed by atoms with van der Waals surface area (Å²) >= 11 is 0. The molecule has 4 rings (SSSR count). The van der Waals surface area contributed by atoms with E-state index in [1.807, 2.05) is 4.90 Å². The van der Waals surface area contributed by atoms with E-state index >= 15 is 0 Å². The number of hydrogen-bond donors (Lipinski definition) is 1. The molecule has 1 N–H and O–H groups in total. The first-order chi connectivity index (χ1) is 15.2.